The van der Waals surface area contributed by atoms with E-state index in [2.05, 4.69) is 6.08 Å². The van der Waals surface area contributed by atoms with Crippen LogP contribution in [0.15, 0.2) is 23.1 Å². The van der Waals surface area contributed by atoms with Gasteiger partial charge >= 0.3 is 0 Å². The molecule has 1 aliphatic carbocycles. The van der Waals surface area contributed by atoms with E-state index in [0.29, 0.717) is 0 Å². The first-order chi connectivity index (χ1) is 8.31. The molecule has 1 aromatic rings. The Labute approximate surface area is 106 Å². The van der Waals surface area contributed by atoms with Gasteiger partial charge in [-0.2, -0.15) is 0 Å². The summed E-state index contributed by atoms with van der Waals surface area (Å²) in [6, 6.07) is 1.84. The van der Waals surface area contributed by atoms with Crippen LogP contribution >= 0.6 is 11.3 Å². The molecular weight excluding hydrogens is 232 g/mol. The molecule has 92 valence electrons. The molecule has 3 heteroatoms. The predicted octanol–water partition coefficient (Wildman–Crippen LogP) is 4.22. The van der Waals surface area contributed by atoms with Crippen LogP contribution in [0.25, 0.3) is 0 Å². The largest absolute Gasteiger partial charge is 0.496 e. The third-order valence-corrected chi connectivity index (χ3v) is 4.02. The van der Waals surface area contributed by atoms with E-state index in [4.69, 9.17) is 4.74 Å². The van der Waals surface area contributed by atoms with Crippen LogP contribution in [-0.2, 0) is 0 Å². The average molecular weight is 250 g/mol. The summed E-state index contributed by atoms with van der Waals surface area (Å²) in [5, 5.41) is 1.89. The van der Waals surface area contributed by atoms with Crippen molar-refractivity contribution in [2.75, 3.05) is 7.11 Å². The van der Waals surface area contributed by atoms with Crippen molar-refractivity contribution in [2.24, 2.45) is 0 Å². The summed E-state index contributed by atoms with van der Waals surface area (Å²) in [4.78, 5) is 13.1. The van der Waals surface area contributed by atoms with Crippen molar-refractivity contribution in [3.8, 4) is 5.75 Å². The summed E-state index contributed by atoms with van der Waals surface area (Å²) in [7, 11) is 1.63. The van der Waals surface area contributed by atoms with E-state index in [0.717, 1.165) is 35.5 Å². The van der Waals surface area contributed by atoms with Gasteiger partial charge in [-0.1, -0.05) is 18.9 Å². The van der Waals surface area contributed by atoms with Crippen LogP contribution in [0.5, 0.6) is 5.75 Å². The Kier molecular flexibility index (Phi) is 4.37. The van der Waals surface area contributed by atoms with Crippen molar-refractivity contribution in [1.29, 1.82) is 0 Å². The molecule has 0 fully saturated rings. The molecule has 2 nitrogen and oxygen atoms in total. The standard InChI is InChI=1S/C14H18O2S/c1-16-12-9-13(17-10-12)14(15)11-7-5-3-2-4-6-8-11/h7,9-10H,2-6,8H2,1H3. The summed E-state index contributed by atoms with van der Waals surface area (Å²) in [5.41, 5.74) is 0.995. The minimum atomic E-state index is 0.195. The number of thiophene rings is 1. The molecule has 0 atom stereocenters. The van der Waals surface area contributed by atoms with E-state index in [1.165, 1.54) is 30.6 Å². The number of ketones is 1. The number of carbonyl (C=O) groups excluding carboxylic acids is 1. The fraction of sp³-hybridized carbons (Fsp3) is 0.500. The third kappa shape index (κ3) is 3.19. The first-order valence-electron chi connectivity index (χ1n) is 6.17. The second kappa shape index (κ2) is 6.01. The van der Waals surface area contributed by atoms with Crippen LogP contribution in [0.3, 0.4) is 0 Å². The van der Waals surface area contributed by atoms with E-state index in [1.807, 2.05) is 11.4 Å². The zero-order valence-corrected chi connectivity index (χ0v) is 11.0. The van der Waals surface area contributed by atoms with E-state index in [1.54, 1.807) is 7.11 Å². The van der Waals surface area contributed by atoms with Gasteiger partial charge in [-0.25, -0.2) is 0 Å². The van der Waals surface area contributed by atoms with Crippen LogP contribution in [0.4, 0.5) is 0 Å². The quantitative estimate of drug-likeness (QED) is 0.751. The lowest BCUT2D eigenvalue weighted by Gasteiger charge is -2.09. The van der Waals surface area contributed by atoms with E-state index < -0.39 is 0 Å². The molecule has 0 radical (unpaired) electrons. The van der Waals surface area contributed by atoms with Gasteiger partial charge in [0.25, 0.3) is 0 Å². The zero-order valence-electron chi connectivity index (χ0n) is 10.2. The van der Waals surface area contributed by atoms with Gasteiger partial charge in [0.15, 0.2) is 5.78 Å². The minimum Gasteiger partial charge on any atom is -0.496 e. The fourth-order valence-corrected chi connectivity index (χ4v) is 2.93. The van der Waals surface area contributed by atoms with Crippen LogP contribution < -0.4 is 4.74 Å². The van der Waals surface area contributed by atoms with E-state index >= 15 is 0 Å². The monoisotopic (exact) mass is 250 g/mol. The molecule has 1 aromatic heterocycles. The molecule has 2 rings (SSSR count). The molecule has 0 amide bonds. The highest BCUT2D eigenvalue weighted by atomic mass is 32.1. The maximum absolute atomic E-state index is 12.3. The maximum atomic E-state index is 12.3. The third-order valence-electron chi connectivity index (χ3n) is 3.12. The molecule has 17 heavy (non-hydrogen) atoms. The number of methoxy groups -OCH3 is 1. The number of carbonyl (C=O) groups is 1. The van der Waals surface area contributed by atoms with Crippen molar-refractivity contribution >= 4 is 17.1 Å². The zero-order chi connectivity index (χ0) is 12.1. The Morgan fingerprint density at radius 1 is 1.29 bits per heavy atom. The Hall–Kier alpha value is -1.09. The molecule has 0 aromatic carbocycles. The summed E-state index contributed by atoms with van der Waals surface area (Å²) in [6.45, 7) is 0. The van der Waals surface area contributed by atoms with Gasteiger partial charge in [-0.3, -0.25) is 4.79 Å². The van der Waals surface area contributed by atoms with Crippen molar-refractivity contribution < 1.29 is 9.53 Å². The Morgan fingerprint density at radius 3 is 2.88 bits per heavy atom. The molecule has 1 aliphatic rings. The molecule has 0 saturated heterocycles. The number of hydrogen-bond acceptors (Lipinski definition) is 3. The number of hydrogen-bond donors (Lipinski definition) is 0. The smallest absolute Gasteiger partial charge is 0.198 e. The predicted molar refractivity (Wildman–Crippen MR) is 71.0 cm³/mol. The molecule has 0 unspecified atom stereocenters. The van der Waals surface area contributed by atoms with Crippen molar-refractivity contribution in [3.63, 3.8) is 0 Å². The Balaban J connectivity index is 2.12. The van der Waals surface area contributed by atoms with E-state index in [-0.39, 0.29) is 5.78 Å². The minimum absolute atomic E-state index is 0.195. The lowest BCUT2D eigenvalue weighted by Crippen LogP contribution is -2.03. The summed E-state index contributed by atoms with van der Waals surface area (Å²) >= 11 is 1.47. The highest BCUT2D eigenvalue weighted by Gasteiger charge is 2.15. The van der Waals surface area contributed by atoms with Crippen LogP contribution in [0.1, 0.15) is 48.2 Å². The van der Waals surface area contributed by atoms with Crippen molar-refractivity contribution in [3.05, 3.63) is 28.0 Å². The van der Waals surface area contributed by atoms with Crippen LogP contribution in [0, 0.1) is 0 Å². The number of rotatable bonds is 3. The molecule has 0 saturated carbocycles. The summed E-state index contributed by atoms with van der Waals surface area (Å²) in [5.74, 6) is 0.977. The molecule has 0 spiro atoms. The highest BCUT2D eigenvalue weighted by molar-refractivity contribution is 7.12. The highest BCUT2D eigenvalue weighted by Crippen LogP contribution is 2.26. The second-order valence-corrected chi connectivity index (χ2v) is 5.27. The van der Waals surface area contributed by atoms with Gasteiger partial charge in [0.05, 0.1) is 12.0 Å². The topological polar surface area (TPSA) is 26.3 Å². The van der Waals surface area contributed by atoms with Crippen molar-refractivity contribution in [1.82, 2.24) is 0 Å². The molecule has 0 aliphatic heterocycles. The lowest BCUT2D eigenvalue weighted by molar-refractivity contribution is 0.103. The number of Topliss-reactive ketones (excluding diaryl/α,β-unsaturated/α-hetero) is 1. The molecule has 0 N–H and O–H groups in total. The second-order valence-electron chi connectivity index (χ2n) is 4.36. The average Bonchev–Trinajstić information content (AvgIpc) is 2.76. The molecular formula is C14H18O2S. The van der Waals surface area contributed by atoms with Crippen LogP contribution in [-0.4, -0.2) is 12.9 Å². The summed E-state index contributed by atoms with van der Waals surface area (Å²) in [6.07, 6.45) is 9.00. The molecule has 1 heterocycles. The number of ether oxygens (including phenoxy) is 1. The normalized spacial score (nSPS) is 16.9. The van der Waals surface area contributed by atoms with E-state index in [9.17, 15) is 4.79 Å². The molecule has 0 bridgehead atoms. The Morgan fingerprint density at radius 2 is 2.12 bits per heavy atom. The fourth-order valence-electron chi connectivity index (χ4n) is 2.10. The summed E-state index contributed by atoms with van der Waals surface area (Å²) < 4.78 is 5.12. The van der Waals surface area contributed by atoms with Gasteiger partial charge in [0.2, 0.25) is 0 Å². The van der Waals surface area contributed by atoms with Gasteiger partial charge < -0.3 is 4.74 Å². The SMILES string of the molecule is COc1csc(C(=O)C2=CCCCCCC2)c1. The van der Waals surface area contributed by atoms with Gasteiger partial charge in [0, 0.05) is 11.4 Å². The maximum Gasteiger partial charge on any atom is 0.198 e. The Bertz CT molecular complexity index is 418. The first-order valence-corrected chi connectivity index (χ1v) is 7.05. The van der Waals surface area contributed by atoms with Crippen molar-refractivity contribution in [2.45, 2.75) is 38.5 Å². The first kappa shape index (κ1) is 12.4. The number of allylic oxidation sites excluding steroid dienone is 2. The van der Waals surface area contributed by atoms with Gasteiger partial charge in [0.1, 0.15) is 5.75 Å². The van der Waals surface area contributed by atoms with Crippen LogP contribution in [0.2, 0.25) is 0 Å². The van der Waals surface area contributed by atoms with Gasteiger partial charge in [-0.05, 0) is 31.3 Å². The lowest BCUT2D eigenvalue weighted by atomic mass is 9.97. The van der Waals surface area contributed by atoms with Gasteiger partial charge in [-0.15, -0.1) is 11.3 Å².